The molecule has 2 aromatic carbocycles. The van der Waals surface area contributed by atoms with Gasteiger partial charge in [-0.1, -0.05) is 48.9 Å². The van der Waals surface area contributed by atoms with E-state index in [-0.39, 0.29) is 5.91 Å². The number of amides is 1. The topological polar surface area (TPSA) is 51.2 Å². The van der Waals surface area contributed by atoms with Crippen molar-refractivity contribution in [2.24, 2.45) is 0 Å². The number of rotatable bonds is 10. The minimum absolute atomic E-state index is 0.0435. The van der Waals surface area contributed by atoms with Gasteiger partial charge in [-0.05, 0) is 50.6 Å². The zero-order valence-electron chi connectivity index (χ0n) is 20.5. The molecule has 178 valence electrons. The van der Waals surface area contributed by atoms with Gasteiger partial charge in [-0.3, -0.25) is 9.69 Å². The van der Waals surface area contributed by atoms with E-state index in [2.05, 4.69) is 37.0 Å². The second-order valence-corrected chi connectivity index (χ2v) is 8.43. The van der Waals surface area contributed by atoms with Gasteiger partial charge in [0.25, 0.3) is 5.91 Å². The Morgan fingerprint density at radius 1 is 1.09 bits per heavy atom. The van der Waals surface area contributed by atoms with Crippen LogP contribution in [0.2, 0.25) is 0 Å². The summed E-state index contributed by atoms with van der Waals surface area (Å²) in [7, 11) is 4.69. The summed E-state index contributed by atoms with van der Waals surface area (Å²) < 4.78 is 16.4. The lowest BCUT2D eigenvalue weighted by atomic mass is 10.1. The third-order valence-corrected chi connectivity index (χ3v) is 6.19. The lowest BCUT2D eigenvalue weighted by Crippen LogP contribution is -2.43. The van der Waals surface area contributed by atoms with E-state index in [1.165, 1.54) is 6.42 Å². The molecule has 1 aliphatic rings. The molecule has 6 heteroatoms. The summed E-state index contributed by atoms with van der Waals surface area (Å²) in [6, 6.07) is 14.0. The van der Waals surface area contributed by atoms with Crippen molar-refractivity contribution in [1.29, 1.82) is 0 Å². The second-order valence-electron chi connectivity index (χ2n) is 8.43. The van der Waals surface area contributed by atoms with Crippen molar-refractivity contribution in [2.45, 2.75) is 32.7 Å². The molecule has 2 aromatic rings. The summed E-state index contributed by atoms with van der Waals surface area (Å²) in [5.41, 5.74) is 2.78. The van der Waals surface area contributed by atoms with Crippen LogP contribution in [0.4, 0.5) is 0 Å². The summed E-state index contributed by atoms with van der Waals surface area (Å²) >= 11 is 0. The molecule has 1 aliphatic heterocycles. The Kier molecular flexibility index (Phi) is 8.78. The molecule has 1 fully saturated rings. The van der Waals surface area contributed by atoms with Crippen molar-refractivity contribution in [3.8, 4) is 17.2 Å². The highest BCUT2D eigenvalue weighted by molar-refractivity contribution is 5.96. The zero-order chi connectivity index (χ0) is 23.8. The average molecular weight is 453 g/mol. The molecule has 0 aromatic heterocycles. The van der Waals surface area contributed by atoms with E-state index >= 15 is 0 Å². The van der Waals surface area contributed by atoms with E-state index in [1.54, 1.807) is 33.5 Å². The van der Waals surface area contributed by atoms with E-state index in [1.807, 2.05) is 23.1 Å². The van der Waals surface area contributed by atoms with Crippen LogP contribution in [0.3, 0.4) is 0 Å². The van der Waals surface area contributed by atoms with E-state index in [0.29, 0.717) is 41.9 Å². The summed E-state index contributed by atoms with van der Waals surface area (Å²) in [4.78, 5) is 18.2. The van der Waals surface area contributed by atoms with Crippen molar-refractivity contribution in [3.05, 3.63) is 59.2 Å². The minimum Gasteiger partial charge on any atom is -0.493 e. The molecule has 1 atom stereocenters. The summed E-state index contributed by atoms with van der Waals surface area (Å²) in [6.45, 7) is 7.59. The van der Waals surface area contributed by atoms with Crippen LogP contribution < -0.4 is 14.2 Å². The normalized spacial score (nSPS) is 16.5. The van der Waals surface area contributed by atoms with Crippen LogP contribution in [0.5, 0.6) is 17.2 Å². The molecule has 0 saturated carbocycles. The maximum absolute atomic E-state index is 13.8. The van der Waals surface area contributed by atoms with E-state index in [4.69, 9.17) is 14.2 Å². The number of ether oxygens (including phenoxy) is 3. The number of likely N-dealkylation sites (N-methyl/N-ethyl adjacent to an activating group) is 1. The van der Waals surface area contributed by atoms with E-state index in [0.717, 1.165) is 30.6 Å². The summed E-state index contributed by atoms with van der Waals surface area (Å²) in [5, 5.41) is 0. The van der Waals surface area contributed by atoms with Crippen LogP contribution in [0, 0.1) is 0 Å². The molecule has 0 unspecified atom stereocenters. The molecular formula is C27H36N2O4. The largest absolute Gasteiger partial charge is 0.493 e. The van der Waals surface area contributed by atoms with Crippen LogP contribution in [0.1, 0.15) is 42.6 Å². The van der Waals surface area contributed by atoms with Gasteiger partial charge >= 0.3 is 0 Å². The minimum atomic E-state index is -0.0435. The highest BCUT2D eigenvalue weighted by atomic mass is 16.5. The van der Waals surface area contributed by atoms with Crippen LogP contribution in [0.25, 0.3) is 6.08 Å². The van der Waals surface area contributed by atoms with Gasteiger partial charge in [-0.15, -0.1) is 0 Å². The molecule has 3 rings (SSSR count). The lowest BCUT2D eigenvalue weighted by Gasteiger charge is -2.31. The number of carbonyl (C=O) groups is 1. The van der Waals surface area contributed by atoms with Gasteiger partial charge in [0.05, 0.1) is 21.3 Å². The summed E-state index contributed by atoms with van der Waals surface area (Å²) in [5.74, 6) is 1.40. The Morgan fingerprint density at radius 3 is 2.33 bits per heavy atom. The smallest absolute Gasteiger partial charge is 0.254 e. The number of benzene rings is 2. The first kappa shape index (κ1) is 24.6. The Balaban J connectivity index is 1.92. The van der Waals surface area contributed by atoms with Crippen LogP contribution in [-0.4, -0.2) is 69.3 Å². The fourth-order valence-electron chi connectivity index (χ4n) is 4.56. The number of carbonyl (C=O) groups excluding carboxylic acids is 1. The molecule has 0 spiro atoms. The first-order valence-corrected chi connectivity index (χ1v) is 11.6. The zero-order valence-corrected chi connectivity index (χ0v) is 20.5. The maximum Gasteiger partial charge on any atom is 0.254 e. The first-order chi connectivity index (χ1) is 16.0. The molecule has 1 heterocycles. The molecule has 0 N–H and O–H groups in total. The fraction of sp³-hybridized carbons (Fsp3) is 0.444. The molecule has 0 bridgehead atoms. The van der Waals surface area contributed by atoms with Crippen LogP contribution in [0.15, 0.2) is 48.0 Å². The van der Waals surface area contributed by atoms with Gasteiger partial charge in [-0.25, -0.2) is 0 Å². The van der Waals surface area contributed by atoms with Crippen LogP contribution >= 0.6 is 0 Å². The molecule has 6 nitrogen and oxygen atoms in total. The molecule has 1 amide bonds. The van der Waals surface area contributed by atoms with Crippen LogP contribution in [-0.2, 0) is 0 Å². The monoisotopic (exact) mass is 452 g/mol. The van der Waals surface area contributed by atoms with Gasteiger partial charge in [-0.2, -0.15) is 0 Å². The van der Waals surface area contributed by atoms with Gasteiger partial charge in [0.2, 0.25) is 5.75 Å². The van der Waals surface area contributed by atoms with Gasteiger partial charge in [0.1, 0.15) is 0 Å². The van der Waals surface area contributed by atoms with E-state index in [9.17, 15) is 4.79 Å². The molecule has 0 aliphatic carbocycles. The Hall–Kier alpha value is -2.99. The van der Waals surface area contributed by atoms with Crippen molar-refractivity contribution < 1.29 is 19.0 Å². The first-order valence-electron chi connectivity index (χ1n) is 11.6. The predicted octanol–water partition coefficient (Wildman–Crippen LogP) is 4.74. The average Bonchev–Trinajstić information content (AvgIpc) is 3.29. The van der Waals surface area contributed by atoms with Crippen molar-refractivity contribution in [3.63, 3.8) is 0 Å². The fourth-order valence-corrected chi connectivity index (χ4v) is 4.56. The quantitative estimate of drug-likeness (QED) is 0.521. The predicted molar refractivity (Wildman–Crippen MR) is 132 cm³/mol. The summed E-state index contributed by atoms with van der Waals surface area (Å²) in [6.07, 6.45) is 4.42. The highest BCUT2D eigenvalue weighted by Crippen LogP contribution is 2.38. The van der Waals surface area contributed by atoms with E-state index < -0.39 is 0 Å². The third kappa shape index (κ3) is 6.08. The number of methoxy groups -OCH3 is 3. The lowest BCUT2D eigenvalue weighted by molar-refractivity contribution is 0.0724. The third-order valence-electron chi connectivity index (χ3n) is 6.19. The Bertz CT molecular complexity index is 933. The number of hydrogen-bond acceptors (Lipinski definition) is 5. The van der Waals surface area contributed by atoms with Gasteiger partial charge in [0.15, 0.2) is 11.5 Å². The second kappa shape index (κ2) is 11.8. The molecule has 0 radical (unpaired) electrons. The molecule has 33 heavy (non-hydrogen) atoms. The number of nitrogens with zero attached hydrogens (tertiary/aromatic N) is 2. The highest BCUT2D eigenvalue weighted by Gasteiger charge is 2.28. The Labute approximate surface area is 197 Å². The maximum atomic E-state index is 13.8. The SMILES string of the molecule is CCN1CCC[C@H]1CN(CC(C)=Cc1ccccc1)C(=O)c1cc(OC)c(OC)c(OC)c1. The molecular weight excluding hydrogens is 416 g/mol. The molecule has 1 saturated heterocycles. The van der Waals surface area contributed by atoms with Crippen molar-refractivity contribution in [2.75, 3.05) is 47.5 Å². The van der Waals surface area contributed by atoms with Gasteiger partial charge in [0, 0.05) is 24.7 Å². The van der Waals surface area contributed by atoms with Crippen molar-refractivity contribution >= 4 is 12.0 Å². The standard InChI is InChI=1S/C27H36N2O4/c1-6-28-14-10-13-23(28)19-29(18-20(2)15-21-11-8-7-9-12-21)27(30)22-16-24(31-3)26(33-5)25(17-22)32-4/h7-9,11-12,15-17,23H,6,10,13-14,18-19H2,1-5H3/t23-/m0/s1. The van der Waals surface area contributed by atoms with Gasteiger partial charge < -0.3 is 19.1 Å². The van der Waals surface area contributed by atoms with Crippen molar-refractivity contribution in [1.82, 2.24) is 9.80 Å². The number of likely N-dealkylation sites (tertiary alicyclic amines) is 1. The number of hydrogen-bond donors (Lipinski definition) is 0. The Morgan fingerprint density at radius 2 is 1.76 bits per heavy atom.